The van der Waals surface area contributed by atoms with Gasteiger partial charge in [0.1, 0.15) is 11.3 Å². The number of aliphatic hydroxyl groups is 1. The molecule has 184 valence electrons. The fourth-order valence-corrected chi connectivity index (χ4v) is 5.34. The Bertz CT molecular complexity index is 1710. The van der Waals surface area contributed by atoms with Gasteiger partial charge in [0.05, 0.1) is 11.6 Å². The number of rotatable bonds is 6. The fraction of sp³-hybridized carbons (Fsp3) is 0.103. The number of phenols is 1. The van der Waals surface area contributed by atoms with Gasteiger partial charge < -0.3 is 24.5 Å². The second-order valence-electron chi connectivity index (χ2n) is 8.99. The molecule has 0 bridgehead atoms. The summed E-state index contributed by atoms with van der Waals surface area (Å²) in [5.41, 5.74) is 3.08. The first-order valence-corrected chi connectivity index (χ1v) is 12.5. The molecular formula is C29H21BrN2O5. The molecule has 5 aromatic rings. The number of aliphatic hydroxyl groups excluding tert-OH is 1. The van der Waals surface area contributed by atoms with E-state index in [-0.39, 0.29) is 23.6 Å². The van der Waals surface area contributed by atoms with Crippen LogP contribution in [0.5, 0.6) is 5.75 Å². The van der Waals surface area contributed by atoms with Crippen molar-refractivity contribution in [2.75, 3.05) is 6.54 Å². The van der Waals surface area contributed by atoms with Gasteiger partial charge in [0.2, 0.25) is 5.78 Å². The van der Waals surface area contributed by atoms with Crippen LogP contribution in [0.3, 0.4) is 0 Å². The molecule has 0 fully saturated rings. The summed E-state index contributed by atoms with van der Waals surface area (Å²) in [6.07, 6.45) is 2.42. The summed E-state index contributed by atoms with van der Waals surface area (Å²) in [5, 5.41) is 22.6. The molecule has 8 heteroatoms. The van der Waals surface area contributed by atoms with Gasteiger partial charge in [-0.15, -0.1) is 0 Å². The Morgan fingerprint density at radius 3 is 2.62 bits per heavy atom. The van der Waals surface area contributed by atoms with Crippen molar-refractivity contribution in [1.29, 1.82) is 0 Å². The van der Waals surface area contributed by atoms with Gasteiger partial charge in [-0.25, -0.2) is 0 Å². The molecule has 6 rings (SSSR count). The van der Waals surface area contributed by atoms with E-state index in [9.17, 15) is 19.8 Å². The van der Waals surface area contributed by atoms with Crippen LogP contribution in [0.4, 0.5) is 0 Å². The minimum Gasteiger partial charge on any atom is -0.508 e. The van der Waals surface area contributed by atoms with Crippen LogP contribution in [0.15, 0.2) is 99.2 Å². The summed E-state index contributed by atoms with van der Waals surface area (Å²) in [6.45, 7) is 0.264. The number of phenolic OH excluding ortho intramolecular Hbond substituents is 1. The molecule has 0 saturated carbocycles. The van der Waals surface area contributed by atoms with Gasteiger partial charge in [-0.1, -0.05) is 46.3 Å². The van der Waals surface area contributed by atoms with Gasteiger partial charge in [0, 0.05) is 33.5 Å². The average Bonchev–Trinajstić information content (AvgIpc) is 3.58. The zero-order valence-corrected chi connectivity index (χ0v) is 21.0. The third-order valence-corrected chi connectivity index (χ3v) is 7.25. The Morgan fingerprint density at radius 1 is 1.03 bits per heavy atom. The van der Waals surface area contributed by atoms with Gasteiger partial charge in [-0.2, -0.15) is 0 Å². The highest BCUT2D eigenvalue weighted by atomic mass is 79.9. The largest absolute Gasteiger partial charge is 0.508 e. The summed E-state index contributed by atoms with van der Waals surface area (Å²) in [5.74, 6) is -1.69. The maximum absolute atomic E-state index is 13.7. The van der Waals surface area contributed by atoms with Crippen molar-refractivity contribution >= 4 is 49.5 Å². The number of halogens is 1. The Morgan fingerprint density at radius 2 is 1.81 bits per heavy atom. The standard InChI is InChI=1S/C29H21BrN2O5/c30-19-7-10-23-18(13-19)14-24(37-23)27(34)25-26(16-5-8-20(33)9-6-16)32(29(36)28(25)35)12-11-17-15-31-22-4-2-1-3-21(17)22/h1-10,13-15,26,31,33,35H,11-12H2. The Kier molecular flexibility index (Phi) is 5.61. The molecular weight excluding hydrogens is 536 g/mol. The molecule has 1 aliphatic heterocycles. The number of amides is 1. The van der Waals surface area contributed by atoms with Gasteiger partial charge in [0.15, 0.2) is 11.5 Å². The summed E-state index contributed by atoms with van der Waals surface area (Å²) in [6, 6.07) is 20.3. The molecule has 1 amide bonds. The van der Waals surface area contributed by atoms with Gasteiger partial charge in [0.25, 0.3) is 5.91 Å². The number of aromatic amines is 1. The van der Waals surface area contributed by atoms with Crippen LogP contribution < -0.4 is 0 Å². The number of carbonyl (C=O) groups is 2. The number of hydrogen-bond donors (Lipinski definition) is 3. The van der Waals surface area contributed by atoms with E-state index in [4.69, 9.17) is 4.42 Å². The van der Waals surface area contributed by atoms with Crippen molar-refractivity contribution in [3.63, 3.8) is 0 Å². The van der Waals surface area contributed by atoms with Crippen LogP contribution in [-0.2, 0) is 11.2 Å². The van der Waals surface area contributed by atoms with Crippen molar-refractivity contribution in [2.45, 2.75) is 12.5 Å². The molecule has 3 N–H and O–H groups in total. The maximum atomic E-state index is 13.7. The van der Waals surface area contributed by atoms with E-state index in [0.717, 1.165) is 26.3 Å². The Hall–Kier alpha value is -4.30. The molecule has 0 spiro atoms. The number of hydrogen-bond acceptors (Lipinski definition) is 5. The molecule has 3 aromatic carbocycles. The lowest BCUT2D eigenvalue weighted by Crippen LogP contribution is -2.33. The van der Waals surface area contributed by atoms with Gasteiger partial charge >= 0.3 is 0 Å². The third-order valence-electron chi connectivity index (χ3n) is 6.76. The minimum atomic E-state index is -0.842. The highest BCUT2D eigenvalue weighted by Gasteiger charge is 2.44. The first-order valence-electron chi connectivity index (χ1n) is 11.7. The number of H-pyrrole nitrogens is 1. The monoisotopic (exact) mass is 556 g/mol. The zero-order valence-electron chi connectivity index (χ0n) is 19.4. The maximum Gasteiger partial charge on any atom is 0.290 e. The SMILES string of the molecule is O=C(C1=C(O)C(=O)N(CCc2c[nH]c3ccccc23)C1c1ccc(O)cc1)c1cc2cc(Br)ccc2o1. The number of fused-ring (bicyclic) bond motifs is 2. The van der Waals surface area contributed by atoms with Gasteiger partial charge in [-0.05, 0) is 60.0 Å². The predicted molar refractivity (Wildman–Crippen MR) is 142 cm³/mol. The van der Waals surface area contributed by atoms with E-state index in [0.29, 0.717) is 17.6 Å². The highest BCUT2D eigenvalue weighted by Crippen LogP contribution is 2.40. The first-order chi connectivity index (χ1) is 17.9. The number of furan rings is 1. The predicted octanol–water partition coefficient (Wildman–Crippen LogP) is 6.20. The Labute approximate surface area is 219 Å². The van der Waals surface area contributed by atoms with E-state index < -0.39 is 23.5 Å². The Balaban J connectivity index is 1.38. The summed E-state index contributed by atoms with van der Waals surface area (Å²) < 4.78 is 6.63. The van der Waals surface area contributed by atoms with Crippen molar-refractivity contribution in [3.8, 4) is 5.75 Å². The fourth-order valence-electron chi connectivity index (χ4n) is 4.96. The van der Waals surface area contributed by atoms with Crippen molar-refractivity contribution in [1.82, 2.24) is 9.88 Å². The lowest BCUT2D eigenvalue weighted by Gasteiger charge is -2.26. The van der Waals surface area contributed by atoms with E-state index in [1.54, 1.807) is 24.3 Å². The minimum absolute atomic E-state index is 0.0321. The number of aromatic nitrogens is 1. The third kappa shape index (κ3) is 3.99. The number of nitrogens with zero attached hydrogens (tertiary/aromatic N) is 1. The number of nitrogens with one attached hydrogen (secondary N) is 1. The van der Waals surface area contributed by atoms with E-state index >= 15 is 0 Å². The van der Waals surface area contributed by atoms with Crippen LogP contribution in [0.1, 0.15) is 27.7 Å². The number of benzene rings is 3. The normalized spacial score (nSPS) is 15.9. The molecule has 0 aliphatic carbocycles. The number of carbonyl (C=O) groups excluding carboxylic acids is 2. The van der Waals surface area contributed by atoms with Gasteiger partial charge in [-0.3, -0.25) is 9.59 Å². The highest BCUT2D eigenvalue weighted by molar-refractivity contribution is 9.10. The van der Waals surface area contributed by atoms with Crippen LogP contribution in [0.2, 0.25) is 0 Å². The van der Waals surface area contributed by atoms with E-state index in [2.05, 4.69) is 20.9 Å². The summed E-state index contributed by atoms with van der Waals surface area (Å²) in [4.78, 5) is 31.8. The quantitative estimate of drug-likeness (QED) is 0.216. The number of aromatic hydroxyl groups is 1. The number of ketones is 1. The molecule has 0 saturated heterocycles. The van der Waals surface area contributed by atoms with Crippen LogP contribution >= 0.6 is 15.9 Å². The number of para-hydroxylation sites is 1. The van der Waals surface area contributed by atoms with Crippen LogP contribution in [-0.4, -0.2) is 38.3 Å². The van der Waals surface area contributed by atoms with Crippen molar-refractivity contribution in [2.24, 2.45) is 0 Å². The van der Waals surface area contributed by atoms with Crippen molar-refractivity contribution in [3.05, 3.63) is 112 Å². The molecule has 1 atom stereocenters. The first kappa shape index (κ1) is 23.1. The summed E-state index contributed by atoms with van der Waals surface area (Å²) >= 11 is 3.41. The van der Waals surface area contributed by atoms with E-state index in [1.165, 1.54) is 17.0 Å². The number of Topliss-reactive ketones (excluding diaryl/α,β-unsaturated/α-hetero) is 1. The second-order valence-corrected chi connectivity index (χ2v) is 9.90. The molecule has 37 heavy (non-hydrogen) atoms. The molecule has 2 aromatic heterocycles. The molecule has 0 radical (unpaired) electrons. The van der Waals surface area contributed by atoms with Crippen molar-refractivity contribution < 1.29 is 24.2 Å². The summed E-state index contributed by atoms with van der Waals surface area (Å²) in [7, 11) is 0. The average molecular weight is 557 g/mol. The molecule has 3 heterocycles. The molecule has 7 nitrogen and oxygen atoms in total. The zero-order chi connectivity index (χ0) is 25.7. The smallest absolute Gasteiger partial charge is 0.290 e. The topological polar surface area (TPSA) is 107 Å². The molecule has 1 aliphatic rings. The van der Waals surface area contributed by atoms with Crippen LogP contribution in [0, 0.1) is 0 Å². The van der Waals surface area contributed by atoms with Crippen LogP contribution in [0.25, 0.3) is 21.9 Å². The lowest BCUT2D eigenvalue weighted by atomic mass is 9.94. The van der Waals surface area contributed by atoms with E-state index in [1.807, 2.05) is 42.6 Å². The molecule has 1 unspecified atom stereocenters. The lowest BCUT2D eigenvalue weighted by molar-refractivity contribution is -0.129. The second kappa shape index (κ2) is 8.97.